The lowest BCUT2D eigenvalue weighted by Gasteiger charge is -2.21. The summed E-state index contributed by atoms with van der Waals surface area (Å²) in [5.74, 6) is -0.355. The van der Waals surface area contributed by atoms with Crippen molar-refractivity contribution in [2.45, 2.75) is 46.1 Å². The molecule has 0 heterocycles. The zero-order valence-electron chi connectivity index (χ0n) is 13.1. The van der Waals surface area contributed by atoms with E-state index < -0.39 is 0 Å². The van der Waals surface area contributed by atoms with Crippen LogP contribution < -0.4 is 0 Å². The first-order valence-corrected chi connectivity index (χ1v) is 7.02. The van der Waals surface area contributed by atoms with Crippen LogP contribution in [0.1, 0.15) is 46.1 Å². The molecule has 0 radical (unpaired) electrons. The molecule has 20 heavy (non-hydrogen) atoms. The first-order valence-electron chi connectivity index (χ1n) is 7.02. The summed E-state index contributed by atoms with van der Waals surface area (Å²) in [5.41, 5.74) is 0.926. The van der Waals surface area contributed by atoms with Gasteiger partial charge in [-0.2, -0.15) is 0 Å². The molecule has 0 amide bonds. The summed E-state index contributed by atoms with van der Waals surface area (Å²) in [6.07, 6.45) is 7.40. The predicted molar refractivity (Wildman–Crippen MR) is 86.4 cm³/mol. The van der Waals surface area contributed by atoms with E-state index in [1.54, 1.807) is 0 Å². The van der Waals surface area contributed by atoms with Gasteiger partial charge in [0.05, 0.1) is 0 Å². The largest absolute Gasteiger partial charge is 0.457 e. The molecule has 0 spiro atoms. The van der Waals surface area contributed by atoms with Crippen LogP contribution in [0.5, 0.6) is 0 Å². The van der Waals surface area contributed by atoms with E-state index in [0.29, 0.717) is 0 Å². The van der Waals surface area contributed by atoms with E-state index in [1.165, 1.54) is 11.6 Å². The molecule has 0 aliphatic carbocycles. The van der Waals surface area contributed by atoms with E-state index in [0.717, 1.165) is 12.8 Å². The second-order valence-corrected chi connectivity index (χ2v) is 4.96. The minimum atomic E-state index is -0.356. The van der Waals surface area contributed by atoms with Crippen molar-refractivity contribution >= 4 is 12.0 Å². The molecule has 0 aliphatic rings. The maximum Gasteiger partial charge on any atom is 0.330 e. The summed E-state index contributed by atoms with van der Waals surface area (Å²) in [4.78, 5) is 10.6. The van der Waals surface area contributed by atoms with Gasteiger partial charge in [-0.25, -0.2) is 4.79 Å². The Morgan fingerprint density at radius 3 is 2.30 bits per heavy atom. The molecule has 0 bridgehead atoms. The zero-order chi connectivity index (χ0) is 15.4. The molecule has 0 aromatic heterocycles. The van der Waals surface area contributed by atoms with Gasteiger partial charge in [-0.15, -0.1) is 0 Å². The van der Waals surface area contributed by atoms with Gasteiger partial charge in [0.15, 0.2) is 0 Å². The Morgan fingerprint density at radius 1 is 1.25 bits per heavy atom. The third-order valence-electron chi connectivity index (χ3n) is 2.74. The highest BCUT2D eigenvalue weighted by molar-refractivity contribution is 5.81. The van der Waals surface area contributed by atoms with Crippen molar-refractivity contribution in [1.82, 2.24) is 0 Å². The molecule has 2 heteroatoms. The van der Waals surface area contributed by atoms with Crippen LogP contribution in [0, 0.1) is 0 Å². The van der Waals surface area contributed by atoms with Crippen LogP contribution in [0.2, 0.25) is 0 Å². The minimum Gasteiger partial charge on any atom is -0.457 e. The number of hydrogen-bond acceptors (Lipinski definition) is 2. The van der Waals surface area contributed by atoms with Gasteiger partial charge in [0, 0.05) is 6.08 Å². The first-order chi connectivity index (χ1) is 9.45. The SMILES string of the molecule is C=CC(=O)OC(C)(C)CC.CCC=Cc1ccccc1. The highest BCUT2D eigenvalue weighted by Gasteiger charge is 2.17. The summed E-state index contributed by atoms with van der Waals surface area (Å²) in [5, 5.41) is 0. The number of hydrogen-bond donors (Lipinski definition) is 0. The molecule has 1 aromatic carbocycles. The Labute approximate surface area is 123 Å². The summed E-state index contributed by atoms with van der Waals surface area (Å²) in [6, 6.07) is 10.3. The fourth-order valence-electron chi connectivity index (χ4n) is 1.20. The van der Waals surface area contributed by atoms with E-state index >= 15 is 0 Å². The van der Waals surface area contributed by atoms with Gasteiger partial charge in [-0.1, -0.05) is 62.9 Å². The van der Waals surface area contributed by atoms with Gasteiger partial charge >= 0.3 is 5.97 Å². The zero-order valence-corrected chi connectivity index (χ0v) is 13.1. The van der Waals surface area contributed by atoms with Gasteiger partial charge < -0.3 is 4.74 Å². The number of ether oxygens (including phenoxy) is 1. The third kappa shape index (κ3) is 9.15. The Bertz CT molecular complexity index is 416. The molecule has 0 fully saturated rings. The van der Waals surface area contributed by atoms with Crippen LogP contribution in [0.4, 0.5) is 0 Å². The average Bonchev–Trinajstić information content (AvgIpc) is 2.46. The Kier molecular flexibility index (Phi) is 9.10. The standard InChI is InChI=1S/C10H12.C8H14O2/c1-2-3-7-10-8-5-4-6-9-10;1-5-7(9)10-8(3,4)6-2/h3-9H,2H2,1H3;5H,1,6H2,2-4H3. The molecule has 0 N–H and O–H groups in total. The van der Waals surface area contributed by atoms with Gasteiger partial charge in [0.2, 0.25) is 0 Å². The van der Waals surface area contributed by atoms with Crippen LogP contribution >= 0.6 is 0 Å². The van der Waals surface area contributed by atoms with Crippen LogP contribution in [0.15, 0.2) is 49.1 Å². The predicted octanol–water partition coefficient (Wildman–Crippen LogP) is 5.01. The molecule has 0 unspecified atom stereocenters. The van der Waals surface area contributed by atoms with Gasteiger partial charge in [0.25, 0.3) is 0 Å². The molecule has 0 aliphatic heterocycles. The lowest BCUT2D eigenvalue weighted by atomic mass is 10.1. The number of allylic oxidation sites excluding steroid dienone is 1. The molecule has 0 saturated carbocycles. The highest BCUT2D eigenvalue weighted by atomic mass is 16.6. The van der Waals surface area contributed by atoms with Crippen LogP contribution in [-0.4, -0.2) is 11.6 Å². The van der Waals surface area contributed by atoms with E-state index in [9.17, 15) is 4.79 Å². The molecule has 1 rings (SSSR count). The first kappa shape index (κ1) is 18.2. The molecule has 2 nitrogen and oxygen atoms in total. The van der Waals surface area contributed by atoms with Crippen molar-refractivity contribution in [2.24, 2.45) is 0 Å². The number of carbonyl (C=O) groups is 1. The van der Waals surface area contributed by atoms with E-state index in [4.69, 9.17) is 4.74 Å². The lowest BCUT2D eigenvalue weighted by Crippen LogP contribution is -2.25. The number of carbonyl (C=O) groups excluding carboxylic acids is 1. The highest BCUT2D eigenvalue weighted by Crippen LogP contribution is 2.13. The van der Waals surface area contributed by atoms with E-state index in [2.05, 4.69) is 49.9 Å². The van der Waals surface area contributed by atoms with Crippen LogP contribution in [0.25, 0.3) is 6.08 Å². The third-order valence-corrected chi connectivity index (χ3v) is 2.74. The maximum atomic E-state index is 10.6. The smallest absolute Gasteiger partial charge is 0.330 e. The van der Waals surface area contributed by atoms with Gasteiger partial charge in [0.1, 0.15) is 5.60 Å². The number of benzene rings is 1. The minimum absolute atomic E-state index is 0.355. The summed E-state index contributed by atoms with van der Waals surface area (Å²) >= 11 is 0. The van der Waals surface area contributed by atoms with Crippen molar-refractivity contribution < 1.29 is 9.53 Å². The Hall–Kier alpha value is -1.83. The summed E-state index contributed by atoms with van der Waals surface area (Å²) in [7, 11) is 0. The van der Waals surface area contributed by atoms with Crippen LogP contribution in [0.3, 0.4) is 0 Å². The van der Waals surface area contributed by atoms with E-state index in [-0.39, 0.29) is 11.6 Å². The van der Waals surface area contributed by atoms with Crippen LogP contribution in [-0.2, 0) is 9.53 Å². The van der Waals surface area contributed by atoms with Crippen molar-refractivity contribution in [3.63, 3.8) is 0 Å². The monoisotopic (exact) mass is 274 g/mol. The molecule has 1 aromatic rings. The number of esters is 1. The topological polar surface area (TPSA) is 26.3 Å². The van der Waals surface area contributed by atoms with Gasteiger partial charge in [-0.05, 0) is 32.3 Å². The van der Waals surface area contributed by atoms with Crippen molar-refractivity contribution in [3.05, 3.63) is 54.6 Å². The second-order valence-electron chi connectivity index (χ2n) is 4.96. The molecular formula is C18H26O2. The average molecular weight is 274 g/mol. The molecular weight excluding hydrogens is 248 g/mol. The maximum absolute atomic E-state index is 10.6. The molecule has 110 valence electrons. The van der Waals surface area contributed by atoms with Gasteiger partial charge in [-0.3, -0.25) is 0 Å². The fraction of sp³-hybridized carbons (Fsp3) is 0.389. The molecule has 0 saturated heterocycles. The van der Waals surface area contributed by atoms with Crippen molar-refractivity contribution in [3.8, 4) is 0 Å². The normalized spacial score (nSPS) is 10.6. The van der Waals surface area contributed by atoms with Crippen molar-refractivity contribution in [2.75, 3.05) is 0 Å². The van der Waals surface area contributed by atoms with Crippen molar-refractivity contribution in [1.29, 1.82) is 0 Å². The Balaban J connectivity index is 0.000000361. The van der Waals surface area contributed by atoms with E-state index in [1.807, 2.05) is 26.8 Å². The Morgan fingerprint density at radius 2 is 1.85 bits per heavy atom. The number of rotatable bonds is 5. The summed E-state index contributed by atoms with van der Waals surface area (Å²) < 4.78 is 4.98. The quantitative estimate of drug-likeness (QED) is 0.557. The summed E-state index contributed by atoms with van der Waals surface area (Å²) in [6.45, 7) is 11.2. The second kappa shape index (κ2) is 10.0. The lowest BCUT2D eigenvalue weighted by molar-refractivity contribution is -0.150. The fourth-order valence-corrected chi connectivity index (χ4v) is 1.20. The molecule has 0 atom stereocenters.